The normalized spacial score (nSPS) is 20.3. The summed E-state index contributed by atoms with van der Waals surface area (Å²) < 4.78 is 22.2. The highest BCUT2D eigenvalue weighted by molar-refractivity contribution is 5.70. The summed E-state index contributed by atoms with van der Waals surface area (Å²) in [5, 5.41) is 40.1. The highest BCUT2D eigenvalue weighted by atomic mass is 16.7. The lowest BCUT2D eigenvalue weighted by Crippen LogP contribution is -2.59. The Labute approximate surface area is 370 Å². The molecule has 0 radical (unpaired) electrons. The highest BCUT2D eigenvalue weighted by Crippen LogP contribution is 2.23. The zero-order chi connectivity index (χ0) is 44.4. The van der Waals surface area contributed by atoms with Crippen LogP contribution in [0.4, 0.5) is 0 Å². The van der Waals surface area contributed by atoms with Crippen LogP contribution >= 0.6 is 0 Å². The van der Waals surface area contributed by atoms with Crippen LogP contribution in [0, 0.1) is 0 Å². The van der Waals surface area contributed by atoms with Gasteiger partial charge in [0.2, 0.25) is 0 Å². The summed E-state index contributed by atoms with van der Waals surface area (Å²) in [6, 6.07) is 0. The molecule has 0 spiro atoms. The van der Waals surface area contributed by atoms with Crippen LogP contribution < -0.4 is 0 Å². The first-order valence-corrected chi connectivity index (χ1v) is 24.4. The van der Waals surface area contributed by atoms with Gasteiger partial charge in [0, 0.05) is 12.8 Å². The second-order valence-corrected chi connectivity index (χ2v) is 16.5. The van der Waals surface area contributed by atoms with Gasteiger partial charge in [0.25, 0.3) is 0 Å². The van der Waals surface area contributed by atoms with Gasteiger partial charge in [0.1, 0.15) is 31.0 Å². The molecule has 0 bridgehead atoms. The zero-order valence-electron chi connectivity index (χ0n) is 38.4. The number of unbranched alkanes of at least 4 members (excludes halogenated alkanes) is 19. The number of ether oxygens (including phenoxy) is 4. The van der Waals surface area contributed by atoms with Gasteiger partial charge in [-0.1, -0.05) is 164 Å². The van der Waals surface area contributed by atoms with Gasteiger partial charge in [-0.2, -0.15) is 0 Å². The summed E-state index contributed by atoms with van der Waals surface area (Å²) in [5.74, 6) is -0.832. The third kappa shape index (κ3) is 32.7. The summed E-state index contributed by atoms with van der Waals surface area (Å²) >= 11 is 0. The van der Waals surface area contributed by atoms with Crippen LogP contribution in [-0.2, 0) is 28.5 Å². The van der Waals surface area contributed by atoms with E-state index in [1.807, 2.05) is 0 Å². The smallest absolute Gasteiger partial charge is 0.306 e. The average molecular weight is 861 g/mol. The molecule has 1 rings (SSSR count). The van der Waals surface area contributed by atoms with Gasteiger partial charge in [0.05, 0.1) is 13.2 Å². The van der Waals surface area contributed by atoms with Crippen molar-refractivity contribution in [3.05, 3.63) is 60.8 Å². The molecular weight excluding hydrogens is 773 g/mol. The Morgan fingerprint density at radius 3 is 1.46 bits per heavy atom. The van der Waals surface area contributed by atoms with E-state index < -0.39 is 49.4 Å². The molecular formula is C51H88O10. The summed E-state index contributed by atoms with van der Waals surface area (Å²) in [6.45, 7) is 3.28. The lowest BCUT2D eigenvalue weighted by Gasteiger charge is -2.39. The minimum atomic E-state index is -1.60. The molecule has 0 aromatic rings. The maximum absolute atomic E-state index is 12.8. The van der Waals surface area contributed by atoms with E-state index in [1.165, 1.54) is 70.6 Å². The number of aliphatic hydroxyl groups excluding tert-OH is 4. The minimum Gasteiger partial charge on any atom is -0.462 e. The van der Waals surface area contributed by atoms with Crippen molar-refractivity contribution in [3.8, 4) is 0 Å². The molecule has 4 N–H and O–H groups in total. The van der Waals surface area contributed by atoms with Gasteiger partial charge in [-0.3, -0.25) is 9.59 Å². The fourth-order valence-corrected chi connectivity index (χ4v) is 7.06. The summed E-state index contributed by atoms with van der Waals surface area (Å²) in [6.07, 6.45) is 43.7. The lowest BCUT2D eigenvalue weighted by molar-refractivity contribution is -0.305. The molecule has 1 aliphatic rings. The average Bonchev–Trinajstić information content (AvgIpc) is 3.26. The number of hydrogen-bond acceptors (Lipinski definition) is 10. The summed E-state index contributed by atoms with van der Waals surface area (Å²) in [4.78, 5) is 25.4. The molecule has 0 saturated carbocycles. The fourth-order valence-electron chi connectivity index (χ4n) is 7.06. The van der Waals surface area contributed by atoms with E-state index >= 15 is 0 Å². The predicted molar refractivity (Wildman–Crippen MR) is 247 cm³/mol. The molecule has 61 heavy (non-hydrogen) atoms. The number of aliphatic hydroxyl groups is 4. The Hall–Kier alpha value is -2.60. The van der Waals surface area contributed by atoms with Crippen LogP contribution in [0.2, 0.25) is 0 Å². The molecule has 0 amide bonds. The first-order valence-electron chi connectivity index (χ1n) is 24.4. The van der Waals surface area contributed by atoms with Crippen molar-refractivity contribution in [2.75, 3.05) is 19.8 Å². The number of hydrogen-bond donors (Lipinski definition) is 4. The van der Waals surface area contributed by atoms with E-state index in [4.69, 9.17) is 18.9 Å². The number of carbonyl (C=O) groups is 2. The molecule has 10 heteroatoms. The molecule has 352 valence electrons. The SMILES string of the molecule is CC/C=C\C/C=C\C/C=C\CCCCCCCC(=O)OC(COC(=O)CCCCCCCCCCC/C=C\C/C=C\CCCCCCC)COC1OC(CO)C(O)C(O)C1O. The first kappa shape index (κ1) is 56.4. The first-order chi connectivity index (χ1) is 29.8. The van der Waals surface area contributed by atoms with Gasteiger partial charge in [-0.25, -0.2) is 0 Å². The molecule has 1 heterocycles. The molecule has 6 atom stereocenters. The lowest BCUT2D eigenvalue weighted by atomic mass is 9.99. The minimum absolute atomic E-state index is 0.207. The summed E-state index contributed by atoms with van der Waals surface area (Å²) in [5.41, 5.74) is 0. The quantitative estimate of drug-likeness (QED) is 0.0266. The standard InChI is InChI=1S/C51H88O10/c1-3-5-7-9-11-13-15-17-19-20-21-22-23-24-26-27-29-31-33-35-37-39-46(53)58-42-44(43-59-51-50(57)49(56)48(55)45(41-52)61-51)60-47(54)40-38-36-34-32-30-28-25-18-16-14-12-10-8-6-4-2/h6,8,12,14-15,17-18,20-21,25,44-45,48-52,55-57H,3-5,7,9-11,13,16,19,22-24,26-43H2,1-2H3/b8-6-,14-12-,17-15-,21-20-,25-18-. The van der Waals surface area contributed by atoms with Crippen LogP contribution in [0.1, 0.15) is 194 Å². The third-order valence-corrected chi connectivity index (χ3v) is 10.9. The molecule has 0 aliphatic carbocycles. The van der Waals surface area contributed by atoms with E-state index in [0.29, 0.717) is 6.42 Å². The van der Waals surface area contributed by atoms with E-state index in [1.54, 1.807) is 0 Å². The van der Waals surface area contributed by atoms with Crippen molar-refractivity contribution in [1.82, 2.24) is 0 Å². The number of carbonyl (C=O) groups excluding carboxylic acids is 2. The van der Waals surface area contributed by atoms with Gasteiger partial charge in [-0.15, -0.1) is 0 Å². The van der Waals surface area contributed by atoms with Crippen molar-refractivity contribution in [2.45, 2.75) is 230 Å². The number of rotatable bonds is 40. The van der Waals surface area contributed by atoms with Crippen LogP contribution in [0.15, 0.2) is 60.8 Å². The van der Waals surface area contributed by atoms with Crippen LogP contribution in [0.25, 0.3) is 0 Å². The molecule has 1 aliphatic heterocycles. The van der Waals surface area contributed by atoms with E-state index in [-0.39, 0.29) is 32.0 Å². The fraction of sp³-hybridized carbons (Fsp3) is 0.765. The zero-order valence-corrected chi connectivity index (χ0v) is 38.4. The maximum atomic E-state index is 12.8. The van der Waals surface area contributed by atoms with Crippen LogP contribution in [0.5, 0.6) is 0 Å². The molecule has 0 aromatic heterocycles. The van der Waals surface area contributed by atoms with Gasteiger partial charge in [0.15, 0.2) is 12.4 Å². The number of esters is 2. The Bertz CT molecular complexity index is 1180. The van der Waals surface area contributed by atoms with Crippen LogP contribution in [-0.4, -0.2) is 89.0 Å². The van der Waals surface area contributed by atoms with Crippen LogP contribution in [0.3, 0.4) is 0 Å². The monoisotopic (exact) mass is 861 g/mol. The maximum Gasteiger partial charge on any atom is 0.306 e. The number of allylic oxidation sites excluding steroid dienone is 10. The van der Waals surface area contributed by atoms with E-state index in [0.717, 1.165) is 89.9 Å². The van der Waals surface area contributed by atoms with Gasteiger partial charge >= 0.3 is 11.9 Å². The second-order valence-electron chi connectivity index (χ2n) is 16.5. The molecule has 1 saturated heterocycles. The summed E-state index contributed by atoms with van der Waals surface area (Å²) in [7, 11) is 0. The van der Waals surface area contributed by atoms with Crippen molar-refractivity contribution >= 4 is 11.9 Å². The van der Waals surface area contributed by atoms with Crippen molar-refractivity contribution in [3.63, 3.8) is 0 Å². The van der Waals surface area contributed by atoms with E-state index in [2.05, 4.69) is 74.6 Å². The van der Waals surface area contributed by atoms with Gasteiger partial charge < -0.3 is 39.4 Å². The van der Waals surface area contributed by atoms with Crippen molar-refractivity contribution in [1.29, 1.82) is 0 Å². The second kappa shape index (κ2) is 41.4. The van der Waals surface area contributed by atoms with Gasteiger partial charge in [-0.05, 0) is 77.0 Å². The van der Waals surface area contributed by atoms with E-state index in [9.17, 15) is 30.0 Å². The molecule has 1 fully saturated rings. The highest BCUT2D eigenvalue weighted by Gasteiger charge is 2.44. The Balaban J connectivity index is 2.29. The van der Waals surface area contributed by atoms with Crippen molar-refractivity contribution in [2.24, 2.45) is 0 Å². The molecule has 10 nitrogen and oxygen atoms in total. The largest absolute Gasteiger partial charge is 0.462 e. The molecule has 0 aromatic carbocycles. The van der Waals surface area contributed by atoms with Crippen molar-refractivity contribution < 1.29 is 49.0 Å². The third-order valence-electron chi connectivity index (χ3n) is 10.9. The Morgan fingerprint density at radius 1 is 0.525 bits per heavy atom. The topological polar surface area (TPSA) is 152 Å². The predicted octanol–water partition coefficient (Wildman–Crippen LogP) is 11.0. The Morgan fingerprint density at radius 2 is 0.967 bits per heavy atom. The Kier molecular flexibility index (Phi) is 38.3. The molecule has 6 unspecified atom stereocenters.